The summed E-state index contributed by atoms with van der Waals surface area (Å²) in [6, 6.07) is 0. The molecule has 0 aromatic carbocycles. The van der Waals surface area contributed by atoms with E-state index in [-0.39, 0.29) is 0 Å². The van der Waals surface area contributed by atoms with Gasteiger partial charge in [0.05, 0.1) is 18.3 Å². The number of thiophene rings is 1. The average Bonchev–Trinajstić information content (AvgIpc) is 2.60. The monoisotopic (exact) mass is 342 g/mol. The van der Waals surface area contributed by atoms with Crippen LogP contribution in [0.1, 0.15) is 0 Å². The minimum Gasteiger partial charge on any atom is -0.263 e. The van der Waals surface area contributed by atoms with Crippen molar-refractivity contribution in [2.45, 2.75) is 0 Å². The van der Waals surface area contributed by atoms with Gasteiger partial charge in [0.1, 0.15) is 0 Å². The fourth-order valence-electron chi connectivity index (χ4n) is 1.54. The van der Waals surface area contributed by atoms with E-state index in [2.05, 4.69) is 41.8 Å². The Hall–Kier alpha value is -0.520. The topological polar surface area (TPSA) is 25.8 Å². The summed E-state index contributed by atoms with van der Waals surface area (Å²) in [5.41, 5.74) is 0. The van der Waals surface area contributed by atoms with E-state index >= 15 is 0 Å². The van der Waals surface area contributed by atoms with E-state index in [0.717, 1.165) is 19.7 Å². The number of aromatic nitrogens is 2. The zero-order chi connectivity index (χ0) is 10.4. The van der Waals surface area contributed by atoms with Gasteiger partial charge in [0, 0.05) is 35.6 Å². The molecule has 3 aromatic rings. The van der Waals surface area contributed by atoms with Gasteiger partial charge in [-0.1, -0.05) is 0 Å². The number of nitrogens with zero attached hydrogens (tertiary/aromatic N) is 2. The summed E-state index contributed by atoms with van der Waals surface area (Å²) in [7, 11) is 0. The SMILES string of the molecule is Brc1cncc2c1sc1c(Br)cncc12. The van der Waals surface area contributed by atoms with Crippen LogP contribution < -0.4 is 0 Å². The van der Waals surface area contributed by atoms with Gasteiger partial charge in [-0.2, -0.15) is 0 Å². The second-order valence-electron chi connectivity index (χ2n) is 3.10. The number of pyridine rings is 2. The Labute approximate surface area is 107 Å². The van der Waals surface area contributed by atoms with Crippen molar-refractivity contribution >= 4 is 63.4 Å². The minimum atomic E-state index is 1.04. The highest BCUT2D eigenvalue weighted by molar-refractivity contribution is 9.11. The Morgan fingerprint density at radius 2 is 1.27 bits per heavy atom. The van der Waals surface area contributed by atoms with Gasteiger partial charge >= 0.3 is 0 Å². The van der Waals surface area contributed by atoms with E-state index in [4.69, 9.17) is 0 Å². The molecule has 3 aromatic heterocycles. The van der Waals surface area contributed by atoms with Gasteiger partial charge in [0.2, 0.25) is 0 Å². The Kier molecular flexibility index (Phi) is 2.26. The highest BCUT2D eigenvalue weighted by Gasteiger charge is 2.09. The van der Waals surface area contributed by atoms with Crippen molar-refractivity contribution in [3.63, 3.8) is 0 Å². The molecule has 0 radical (unpaired) electrons. The lowest BCUT2D eigenvalue weighted by molar-refractivity contribution is 1.34. The molecule has 0 bridgehead atoms. The van der Waals surface area contributed by atoms with Gasteiger partial charge < -0.3 is 0 Å². The number of fused-ring (bicyclic) bond motifs is 3. The third-order valence-corrected chi connectivity index (χ3v) is 5.22. The molecule has 0 aliphatic heterocycles. The fraction of sp³-hybridized carbons (Fsp3) is 0. The standard InChI is InChI=1S/C10H4Br2N2S/c11-7-3-13-1-5-6-2-14-4-8(12)10(6)15-9(5)7/h1-4H. The van der Waals surface area contributed by atoms with Crippen LogP contribution in [0.5, 0.6) is 0 Å². The lowest BCUT2D eigenvalue weighted by Gasteiger charge is -1.92. The summed E-state index contributed by atoms with van der Waals surface area (Å²) in [6.07, 6.45) is 7.40. The zero-order valence-corrected chi connectivity index (χ0v) is 11.4. The van der Waals surface area contributed by atoms with E-state index in [1.807, 2.05) is 24.8 Å². The molecule has 74 valence electrons. The number of rotatable bonds is 0. The zero-order valence-electron chi connectivity index (χ0n) is 7.37. The Morgan fingerprint density at radius 3 is 1.73 bits per heavy atom. The second-order valence-corrected chi connectivity index (χ2v) is 5.83. The van der Waals surface area contributed by atoms with Crippen molar-refractivity contribution in [3.05, 3.63) is 33.7 Å². The molecule has 3 rings (SSSR count). The van der Waals surface area contributed by atoms with Gasteiger partial charge in [-0.3, -0.25) is 9.97 Å². The van der Waals surface area contributed by atoms with E-state index in [0.29, 0.717) is 0 Å². The Morgan fingerprint density at radius 1 is 0.800 bits per heavy atom. The number of hydrogen-bond donors (Lipinski definition) is 0. The van der Waals surface area contributed by atoms with E-state index in [1.165, 1.54) is 9.40 Å². The highest BCUT2D eigenvalue weighted by Crippen LogP contribution is 2.39. The fourth-order valence-corrected chi connectivity index (χ4v) is 3.74. The quantitative estimate of drug-likeness (QED) is 0.605. The summed E-state index contributed by atoms with van der Waals surface area (Å²) >= 11 is 8.76. The first-order chi connectivity index (χ1) is 7.27. The number of hydrogen-bond acceptors (Lipinski definition) is 3. The normalized spacial score (nSPS) is 11.3. The van der Waals surface area contributed by atoms with Crippen LogP contribution in [0.4, 0.5) is 0 Å². The summed E-state index contributed by atoms with van der Waals surface area (Å²) in [5.74, 6) is 0. The first kappa shape index (κ1) is 9.69. The lowest BCUT2D eigenvalue weighted by Crippen LogP contribution is -1.74. The van der Waals surface area contributed by atoms with Crippen LogP contribution in [-0.4, -0.2) is 9.97 Å². The average molecular weight is 344 g/mol. The van der Waals surface area contributed by atoms with Gasteiger partial charge in [-0.15, -0.1) is 11.3 Å². The van der Waals surface area contributed by atoms with Crippen molar-refractivity contribution in [1.29, 1.82) is 0 Å². The maximum Gasteiger partial charge on any atom is 0.0537 e. The van der Waals surface area contributed by atoms with Gasteiger partial charge in [-0.25, -0.2) is 0 Å². The predicted molar refractivity (Wildman–Crippen MR) is 70.3 cm³/mol. The first-order valence-electron chi connectivity index (χ1n) is 4.22. The largest absolute Gasteiger partial charge is 0.263 e. The summed E-state index contributed by atoms with van der Waals surface area (Å²) in [5, 5.41) is 2.30. The van der Waals surface area contributed by atoms with Gasteiger partial charge in [-0.05, 0) is 31.9 Å². The first-order valence-corrected chi connectivity index (χ1v) is 6.63. The Bertz CT molecular complexity index is 607. The molecule has 0 N–H and O–H groups in total. The van der Waals surface area contributed by atoms with Crippen molar-refractivity contribution in [3.8, 4) is 0 Å². The molecule has 15 heavy (non-hydrogen) atoms. The molecule has 0 saturated carbocycles. The molecule has 0 amide bonds. The molecule has 2 nitrogen and oxygen atoms in total. The van der Waals surface area contributed by atoms with Crippen LogP contribution in [0.25, 0.3) is 20.2 Å². The maximum absolute atomic E-state index is 4.18. The lowest BCUT2D eigenvalue weighted by atomic mass is 10.2. The molecule has 0 unspecified atom stereocenters. The molecule has 5 heteroatoms. The van der Waals surface area contributed by atoms with Crippen molar-refractivity contribution < 1.29 is 0 Å². The highest BCUT2D eigenvalue weighted by atomic mass is 79.9. The van der Waals surface area contributed by atoms with Crippen molar-refractivity contribution in [2.24, 2.45) is 0 Å². The number of halogens is 2. The van der Waals surface area contributed by atoms with Crippen LogP contribution in [-0.2, 0) is 0 Å². The van der Waals surface area contributed by atoms with Crippen LogP contribution in [0.2, 0.25) is 0 Å². The second kappa shape index (κ2) is 3.50. The van der Waals surface area contributed by atoms with Crippen LogP contribution in [0, 0.1) is 0 Å². The molecule has 0 spiro atoms. The summed E-state index contributed by atoms with van der Waals surface area (Å²) < 4.78 is 4.50. The Balaban J connectivity index is 2.63. The summed E-state index contributed by atoms with van der Waals surface area (Å²) in [6.45, 7) is 0. The van der Waals surface area contributed by atoms with E-state index in [1.54, 1.807) is 11.3 Å². The maximum atomic E-state index is 4.18. The van der Waals surface area contributed by atoms with Crippen molar-refractivity contribution in [2.75, 3.05) is 0 Å². The van der Waals surface area contributed by atoms with Gasteiger partial charge in [0.25, 0.3) is 0 Å². The van der Waals surface area contributed by atoms with Crippen LogP contribution in [0.3, 0.4) is 0 Å². The van der Waals surface area contributed by atoms with Gasteiger partial charge in [0.15, 0.2) is 0 Å². The molecule has 0 fully saturated rings. The molecular weight excluding hydrogens is 340 g/mol. The van der Waals surface area contributed by atoms with E-state index in [9.17, 15) is 0 Å². The molecule has 0 saturated heterocycles. The third-order valence-electron chi connectivity index (χ3n) is 2.20. The van der Waals surface area contributed by atoms with Crippen molar-refractivity contribution in [1.82, 2.24) is 9.97 Å². The minimum absolute atomic E-state index is 1.04. The third kappa shape index (κ3) is 1.41. The predicted octanol–water partition coefficient (Wildman–Crippen LogP) is 4.37. The van der Waals surface area contributed by atoms with Crippen LogP contribution >= 0.6 is 43.2 Å². The molecule has 0 aliphatic carbocycles. The summed E-state index contributed by atoms with van der Waals surface area (Å²) in [4.78, 5) is 8.36. The van der Waals surface area contributed by atoms with E-state index < -0.39 is 0 Å². The van der Waals surface area contributed by atoms with Crippen LogP contribution in [0.15, 0.2) is 33.7 Å². The molecule has 0 atom stereocenters. The molecule has 0 aliphatic rings. The molecular formula is C10H4Br2N2S. The molecule has 3 heterocycles. The smallest absolute Gasteiger partial charge is 0.0537 e.